The number of rotatable bonds is 1. The van der Waals surface area contributed by atoms with Gasteiger partial charge in [-0.15, -0.1) is 0 Å². The molecule has 1 atom stereocenters. The molecule has 2 heterocycles. The van der Waals surface area contributed by atoms with Gasteiger partial charge in [-0.2, -0.15) is 0 Å². The van der Waals surface area contributed by atoms with E-state index in [-0.39, 0.29) is 0 Å². The second-order valence-corrected chi connectivity index (χ2v) is 4.33. The highest BCUT2D eigenvalue weighted by Gasteiger charge is 2.24. The molecule has 1 aromatic heterocycles. The monoisotopic (exact) mass is 190 g/mol. The Hall–Kier alpha value is -0.890. The van der Waals surface area contributed by atoms with Gasteiger partial charge in [0, 0.05) is 17.9 Å². The highest BCUT2D eigenvalue weighted by molar-refractivity contribution is 5.27. The van der Waals surface area contributed by atoms with E-state index in [2.05, 4.69) is 36.8 Å². The second-order valence-electron chi connectivity index (χ2n) is 4.33. The summed E-state index contributed by atoms with van der Waals surface area (Å²) in [4.78, 5) is 6.86. The van der Waals surface area contributed by atoms with Crippen molar-refractivity contribution in [2.75, 3.05) is 13.6 Å². The third-order valence-electron chi connectivity index (χ3n) is 3.14. The zero-order valence-corrected chi connectivity index (χ0v) is 9.25. The highest BCUT2D eigenvalue weighted by Crippen LogP contribution is 2.31. The summed E-state index contributed by atoms with van der Waals surface area (Å²) in [7, 11) is 2.21. The third-order valence-corrected chi connectivity index (χ3v) is 3.14. The average molecular weight is 190 g/mol. The molecule has 0 unspecified atom stereocenters. The molecule has 1 aliphatic heterocycles. The van der Waals surface area contributed by atoms with Crippen molar-refractivity contribution in [3.05, 3.63) is 29.1 Å². The molecule has 0 radical (unpaired) electrons. The molecule has 2 rings (SSSR count). The summed E-state index contributed by atoms with van der Waals surface area (Å²) in [5.41, 5.74) is 3.88. The first kappa shape index (κ1) is 9.66. The lowest BCUT2D eigenvalue weighted by atomic mass is 10.0. The van der Waals surface area contributed by atoms with Crippen LogP contribution < -0.4 is 0 Å². The summed E-state index contributed by atoms with van der Waals surface area (Å²) >= 11 is 0. The largest absolute Gasteiger partial charge is 0.299 e. The number of hydrogen-bond acceptors (Lipinski definition) is 2. The van der Waals surface area contributed by atoms with Crippen molar-refractivity contribution in [3.63, 3.8) is 0 Å². The molecule has 0 bridgehead atoms. The standard InChI is InChI=1S/C12H18N2/c1-9-7-11(10(2)13-8-9)12-5-4-6-14(12)3/h7-8,12H,4-6H2,1-3H3/t12-/m1/s1. The van der Waals surface area contributed by atoms with Gasteiger partial charge < -0.3 is 0 Å². The van der Waals surface area contributed by atoms with Gasteiger partial charge in [-0.05, 0) is 51.4 Å². The molecular formula is C12H18N2. The van der Waals surface area contributed by atoms with Gasteiger partial charge in [-0.25, -0.2) is 0 Å². The summed E-state index contributed by atoms with van der Waals surface area (Å²) in [5.74, 6) is 0. The van der Waals surface area contributed by atoms with Gasteiger partial charge in [0.2, 0.25) is 0 Å². The van der Waals surface area contributed by atoms with Crippen LogP contribution in [0.25, 0.3) is 0 Å². The molecule has 0 amide bonds. The molecule has 0 N–H and O–H groups in total. The Bertz CT molecular complexity index is 333. The first-order valence-corrected chi connectivity index (χ1v) is 5.32. The fraction of sp³-hybridized carbons (Fsp3) is 0.583. The maximum atomic E-state index is 4.43. The third kappa shape index (κ3) is 1.67. The van der Waals surface area contributed by atoms with E-state index in [1.807, 2.05) is 6.20 Å². The summed E-state index contributed by atoms with van der Waals surface area (Å²) in [6, 6.07) is 2.89. The second kappa shape index (κ2) is 3.70. The normalized spacial score (nSPS) is 22.9. The van der Waals surface area contributed by atoms with Gasteiger partial charge >= 0.3 is 0 Å². The number of aryl methyl sites for hydroxylation is 2. The molecule has 14 heavy (non-hydrogen) atoms. The Morgan fingerprint density at radius 3 is 2.86 bits per heavy atom. The van der Waals surface area contributed by atoms with Gasteiger partial charge in [-0.3, -0.25) is 9.88 Å². The molecule has 1 fully saturated rings. The minimum atomic E-state index is 0.599. The topological polar surface area (TPSA) is 16.1 Å². The highest BCUT2D eigenvalue weighted by atomic mass is 15.1. The Kier molecular flexibility index (Phi) is 2.55. The average Bonchev–Trinajstić information content (AvgIpc) is 2.56. The van der Waals surface area contributed by atoms with Crippen molar-refractivity contribution in [2.45, 2.75) is 32.7 Å². The van der Waals surface area contributed by atoms with Crippen LogP contribution in [0, 0.1) is 13.8 Å². The van der Waals surface area contributed by atoms with Crippen molar-refractivity contribution in [2.24, 2.45) is 0 Å². The molecule has 1 aliphatic rings. The van der Waals surface area contributed by atoms with Gasteiger partial charge in [0.1, 0.15) is 0 Å². The lowest BCUT2D eigenvalue weighted by Gasteiger charge is -2.21. The molecule has 0 saturated carbocycles. The first-order valence-electron chi connectivity index (χ1n) is 5.32. The molecule has 0 spiro atoms. The predicted molar refractivity (Wildman–Crippen MR) is 58.3 cm³/mol. The molecule has 76 valence electrons. The van der Waals surface area contributed by atoms with Crippen molar-refractivity contribution in [1.29, 1.82) is 0 Å². The Morgan fingerprint density at radius 1 is 1.43 bits per heavy atom. The van der Waals surface area contributed by atoms with Crippen molar-refractivity contribution >= 4 is 0 Å². The van der Waals surface area contributed by atoms with Gasteiger partial charge in [0.15, 0.2) is 0 Å². The summed E-state index contributed by atoms with van der Waals surface area (Å²) < 4.78 is 0. The van der Waals surface area contributed by atoms with Crippen molar-refractivity contribution < 1.29 is 0 Å². The number of nitrogens with zero attached hydrogens (tertiary/aromatic N) is 2. The van der Waals surface area contributed by atoms with E-state index >= 15 is 0 Å². The van der Waals surface area contributed by atoms with Crippen LogP contribution >= 0.6 is 0 Å². The van der Waals surface area contributed by atoms with Crippen LogP contribution in [0.5, 0.6) is 0 Å². The van der Waals surface area contributed by atoms with E-state index in [0.29, 0.717) is 6.04 Å². The van der Waals surface area contributed by atoms with Gasteiger partial charge in [0.25, 0.3) is 0 Å². The maximum Gasteiger partial charge on any atom is 0.0420 e. The molecule has 1 saturated heterocycles. The lowest BCUT2D eigenvalue weighted by Crippen LogP contribution is -2.18. The van der Waals surface area contributed by atoms with E-state index in [9.17, 15) is 0 Å². The van der Waals surface area contributed by atoms with Crippen LogP contribution in [0.15, 0.2) is 12.3 Å². The first-order chi connectivity index (χ1) is 6.68. The van der Waals surface area contributed by atoms with Crippen LogP contribution in [0.4, 0.5) is 0 Å². The Labute approximate surface area is 86.0 Å². The van der Waals surface area contributed by atoms with Crippen LogP contribution in [0.3, 0.4) is 0 Å². The minimum absolute atomic E-state index is 0.599. The van der Waals surface area contributed by atoms with E-state index < -0.39 is 0 Å². The summed E-state index contributed by atoms with van der Waals surface area (Å²) in [6.45, 7) is 5.45. The van der Waals surface area contributed by atoms with Gasteiger partial charge in [-0.1, -0.05) is 6.07 Å². The molecule has 0 aromatic carbocycles. The summed E-state index contributed by atoms with van der Waals surface area (Å²) in [6.07, 6.45) is 4.55. The zero-order chi connectivity index (χ0) is 10.1. The quantitative estimate of drug-likeness (QED) is 0.676. The van der Waals surface area contributed by atoms with Crippen LogP contribution in [0.2, 0.25) is 0 Å². The zero-order valence-electron chi connectivity index (χ0n) is 9.25. The van der Waals surface area contributed by atoms with Crippen LogP contribution in [-0.4, -0.2) is 23.5 Å². The molecule has 2 nitrogen and oxygen atoms in total. The van der Waals surface area contributed by atoms with E-state index in [1.165, 1.54) is 36.2 Å². The molecule has 1 aromatic rings. The van der Waals surface area contributed by atoms with E-state index in [0.717, 1.165) is 0 Å². The van der Waals surface area contributed by atoms with E-state index in [1.54, 1.807) is 0 Å². The molecule has 2 heteroatoms. The predicted octanol–water partition coefficient (Wildman–Crippen LogP) is 2.47. The molecule has 0 aliphatic carbocycles. The SMILES string of the molecule is Cc1cnc(C)c([C@H]2CCCN2C)c1. The van der Waals surface area contributed by atoms with Crippen LogP contribution in [0.1, 0.15) is 35.7 Å². The van der Waals surface area contributed by atoms with Gasteiger partial charge in [0.05, 0.1) is 0 Å². The van der Waals surface area contributed by atoms with Crippen molar-refractivity contribution in [1.82, 2.24) is 9.88 Å². The van der Waals surface area contributed by atoms with Crippen molar-refractivity contribution in [3.8, 4) is 0 Å². The fourth-order valence-corrected chi connectivity index (χ4v) is 2.30. The molecular weight excluding hydrogens is 172 g/mol. The minimum Gasteiger partial charge on any atom is -0.299 e. The number of likely N-dealkylation sites (tertiary alicyclic amines) is 1. The Morgan fingerprint density at radius 2 is 2.21 bits per heavy atom. The smallest absolute Gasteiger partial charge is 0.0420 e. The fourth-order valence-electron chi connectivity index (χ4n) is 2.30. The van der Waals surface area contributed by atoms with Crippen LogP contribution in [-0.2, 0) is 0 Å². The van der Waals surface area contributed by atoms with E-state index in [4.69, 9.17) is 0 Å². The maximum absolute atomic E-state index is 4.43. The number of hydrogen-bond donors (Lipinski definition) is 0. The summed E-state index contributed by atoms with van der Waals surface area (Å²) in [5, 5.41) is 0. The lowest BCUT2D eigenvalue weighted by molar-refractivity contribution is 0.316. The number of pyridine rings is 1. The number of aromatic nitrogens is 1. The Balaban J connectivity index is 2.34.